The molecule has 55 heavy (non-hydrogen) atoms. The quantitative estimate of drug-likeness (QED) is 0.0844. The van der Waals surface area contributed by atoms with Gasteiger partial charge in [-0.1, -0.05) is 91.0 Å². The van der Waals surface area contributed by atoms with E-state index in [0.29, 0.717) is 33.9 Å². The van der Waals surface area contributed by atoms with Crippen LogP contribution in [-0.2, 0) is 29.1 Å². The average Bonchev–Trinajstić information content (AvgIpc) is 3.57. The molecule has 1 atom stereocenters. The molecule has 7 rings (SSSR count). The number of aromatic nitrogens is 1. The molecule has 4 aromatic carbocycles. The number of hydrogen-bond donors (Lipinski definition) is 3. The summed E-state index contributed by atoms with van der Waals surface area (Å²) in [5, 5.41) is 18.9. The predicted molar refractivity (Wildman–Crippen MR) is 218 cm³/mol. The summed E-state index contributed by atoms with van der Waals surface area (Å²) in [5.74, 6) is -1.21. The third-order valence-corrected chi connectivity index (χ3v) is 11.3. The van der Waals surface area contributed by atoms with E-state index in [0.717, 1.165) is 40.4 Å². The molecule has 1 aliphatic rings. The van der Waals surface area contributed by atoms with Crippen LogP contribution in [0.1, 0.15) is 48.3 Å². The summed E-state index contributed by atoms with van der Waals surface area (Å²) in [7, 11) is 0. The Bertz CT molecular complexity index is 2360. The maximum atomic E-state index is 14.2. The summed E-state index contributed by atoms with van der Waals surface area (Å²) in [6.07, 6.45) is 5.53. The van der Waals surface area contributed by atoms with E-state index in [1.54, 1.807) is 73.1 Å². The van der Waals surface area contributed by atoms with E-state index in [9.17, 15) is 19.6 Å². The van der Waals surface area contributed by atoms with Crippen LogP contribution in [0.5, 0.6) is 0 Å². The Morgan fingerprint density at radius 2 is 1.64 bits per heavy atom. The zero-order chi connectivity index (χ0) is 38.0. The van der Waals surface area contributed by atoms with Gasteiger partial charge in [-0.3, -0.25) is 24.3 Å². The van der Waals surface area contributed by atoms with E-state index in [2.05, 4.69) is 44.0 Å². The van der Waals surface area contributed by atoms with E-state index in [1.807, 2.05) is 60.7 Å². The first-order valence-electron chi connectivity index (χ1n) is 17.7. The SMILES string of the molecule is N#Cc1c(NC(=O)C(Sc2cccc(NC(=O)/C(=C/c3cccnc3)NC(=O)c3ccccc3)c2)c2ccccc2)sc2c1CCN(Cc1ccccc1)C2. The topological polar surface area (TPSA) is 127 Å². The molecule has 0 fully saturated rings. The standard InChI is InChI=1S/C44H36N6O3S2/c45-26-37-36-21-23-50(28-30-12-4-1-5-13-30)29-39(36)55-44(37)49-43(53)40(32-15-6-2-7-16-32)54-35-20-10-19-34(25-35)47-42(52)38(24-31-14-11-22-46-27-31)48-41(51)33-17-8-3-9-18-33/h1-20,22,24-25,27,40H,21,23,28-29H2,(H,47,52)(H,48,51)(H,49,53)/b38-24-. The largest absolute Gasteiger partial charge is 0.321 e. The van der Waals surface area contributed by atoms with Gasteiger partial charge in [0.15, 0.2) is 0 Å². The summed E-state index contributed by atoms with van der Waals surface area (Å²) in [5.41, 5.74) is 5.13. The third kappa shape index (κ3) is 9.44. The van der Waals surface area contributed by atoms with Crippen LogP contribution in [0.3, 0.4) is 0 Å². The smallest absolute Gasteiger partial charge is 0.272 e. The fourth-order valence-electron chi connectivity index (χ4n) is 6.27. The highest BCUT2D eigenvalue weighted by Gasteiger charge is 2.28. The molecule has 0 bridgehead atoms. The van der Waals surface area contributed by atoms with E-state index in [-0.39, 0.29) is 11.6 Å². The van der Waals surface area contributed by atoms with Crippen molar-refractivity contribution >= 4 is 57.6 Å². The fraction of sp³-hybridized carbons (Fsp3) is 0.114. The van der Waals surface area contributed by atoms with E-state index in [1.165, 1.54) is 28.7 Å². The number of carbonyl (C=O) groups excluding carboxylic acids is 3. The Morgan fingerprint density at radius 3 is 2.36 bits per heavy atom. The maximum absolute atomic E-state index is 14.2. The van der Waals surface area contributed by atoms with Crippen LogP contribution in [0.2, 0.25) is 0 Å². The number of anilines is 2. The summed E-state index contributed by atoms with van der Waals surface area (Å²) >= 11 is 2.81. The van der Waals surface area contributed by atoms with Crippen molar-refractivity contribution in [2.45, 2.75) is 29.7 Å². The Balaban J connectivity index is 1.09. The van der Waals surface area contributed by atoms with Crippen molar-refractivity contribution in [2.75, 3.05) is 17.2 Å². The lowest BCUT2D eigenvalue weighted by Gasteiger charge is -2.26. The van der Waals surface area contributed by atoms with Gasteiger partial charge in [0.2, 0.25) is 5.91 Å². The van der Waals surface area contributed by atoms with Gasteiger partial charge in [0.1, 0.15) is 22.0 Å². The molecule has 3 amide bonds. The van der Waals surface area contributed by atoms with Crippen molar-refractivity contribution < 1.29 is 14.4 Å². The van der Waals surface area contributed by atoms with Crippen molar-refractivity contribution in [1.82, 2.24) is 15.2 Å². The van der Waals surface area contributed by atoms with Crippen LogP contribution >= 0.6 is 23.1 Å². The van der Waals surface area contributed by atoms with Gasteiger partial charge in [-0.05, 0) is 71.1 Å². The first kappa shape index (κ1) is 37.0. The predicted octanol–water partition coefficient (Wildman–Crippen LogP) is 8.45. The second kappa shape index (κ2) is 17.7. The molecule has 1 unspecified atom stereocenters. The van der Waals surface area contributed by atoms with Crippen LogP contribution in [0, 0.1) is 11.3 Å². The average molecular weight is 761 g/mol. The first-order chi connectivity index (χ1) is 26.9. The number of nitrogens with zero attached hydrogens (tertiary/aromatic N) is 3. The second-order valence-corrected chi connectivity index (χ2v) is 15.1. The third-order valence-electron chi connectivity index (χ3n) is 8.94. The lowest BCUT2D eigenvalue weighted by Crippen LogP contribution is -2.30. The van der Waals surface area contributed by atoms with Crippen LogP contribution in [0.15, 0.2) is 150 Å². The van der Waals surface area contributed by atoms with E-state index in [4.69, 9.17) is 0 Å². The Morgan fingerprint density at radius 1 is 0.891 bits per heavy atom. The number of nitriles is 1. The van der Waals surface area contributed by atoms with E-state index >= 15 is 0 Å². The zero-order valence-corrected chi connectivity index (χ0v) is 31.3. The zero-order valence-electron chi connectivity index (χ0n) is 29.6. The van der Waals surface area contributed by atoms with Crippen LogP contribution in [0.4, 0.5) is 10.7 Å². The molecule has 6 aromatic rings. The molecule has 0 aliphatic carbocycles. The number of pyridine rings is 1. The van der Waals surface area contributed by atoms with Gasteiger partial charge in [0, 0.05) is 53.1 Å². The van der Waals surface area contributed by atoms with Crippen molar-refractivity contribution in [1.29, 1.82) is 5.26 Å². The van der Waals surface area contributed by atoms with Gasteiger partial charge < -0.3 is 16.0 Å². The minimum Gasteiger partial charge on any atom is -0.321 e. The number of rotatable bonds is 12. The van der Waals surface area contributed by atoms with Gasteiger partial charge in [-0.2, -0.15) is 5.26 Å². The van der Waals surface area contributed by atoms with Gasteiger partial charge in [0.25, 0.3) is 11.8 Å². The van der Waals surface area contributed by atoms with Gasteiger partial charge >= 0.3 is 0 Å². The van der Waals surface area contributed by atoms with Crippen molar-refractivity contribution in [3.63, 3.8) is 0 Å². The van der Waals surface area contributed by atoms with Crippen LogP contribution in [0.25, 0.3) is 6.08 Å². The highest BCUT2D eigenvalue weighted by Crippen LogP contribution is 2.41. The molecule has 1 aliphatic heterocycles. The number of nitrogens with one attached hydrogen (secondary N) is 3. The number of thiophene rings is 1. The highest BCUT2D eigenvalue weighted by molar-refractivity contribution is 8.00. The molecule has 3 N–H and O–H groups in total. The number of hydrogen-bond acceptors (Lipinski definition) is 8. The molecule has 2 aromatic heterocycles. The van der Waals surface area contributed by atoms with Crippen molar-refractivity contribution in [3.05, 3.63) is 184 Å². The Hall–Kier alpha value is -6.32. The molecule has 11 heteroatoms. The molecule has 0 saturated heterocycles. The molecule has 0 radical (unpaired) electrons. The summed E-state index contributed by atoms with van der Waals surface area (Å²) in [6.45, 7) is 2.36. The summed E-state index contributed by atoms with van der Waals surface area (Å²) in [6, 6.07) is 41.6. The molecule has 3 heterocycles. The van der Waals surface area contributed by atoms with Crippen LogP contribution in [-0.4, -0.2) is 34.2 Å². The molecule has 0 spiro atoms. The van der Waals surface area contributed by atoms with Crippen molar-refractivity contribution in [3.8, 4) is 6.07 Å². The van der Waals surface area contributed by atoms with Gasteiger partial charge in [0.05, 0.1) is 5.56 Å². The lowest BCUT2D eigenvalue weighted by molar-refractivity contribution is -0.116. The van der Waals surface area contributed by atoms with Crippen LogP contribution < -0.4 is 16.0 Å². The summed E-state index contributed by atoms with van der Waals surface area (Å²) in [4.78, 5) is 49.3. The normalized spacial score (nSPS) is 13.2. The second-order valence-electron chi connectivity index (χ2n) is 12.8. The lowest BCUT2D eigenvalue weighted by atomic mass is 10.0. The minimum absolute atomic E-state index is 0.0385. The number of carbonyl (C=O) groups is 3. The van der Waals surface area contributed by atoms with E-state index < -0.39 is 17.1 Å². The molecule has 9 nitrogen and oxygen atoms in total. The Labute approximate surface area is 327 Å². The number of fused-ring (bicyclic) bond motifs is 1. The Kier molecular flexibility index (Phi) is 11.9. The fourth-order valence-corrected chi connectivity index (χ4v) is 8.60. The maximum Gasteiger partial charge on any atom is 0.272 e. The first-order valence-corrected chi connectivity index (χ1v) is 19.4. The highest BCUT2D eigenvalue weighted by atomic mass is 32.2. The number of benzene rings is 4. The van der Waals surface area contributed by atoms with Gasteiger partial charge in [-0.15, -0.1) is 23.1 Å². The molecular weight excluding hydrogens is 725 g/mol. The van der Waals surface area contributed by atoms with Crippen molar-refractivity contribution in [2.24, 2.45) is 0 Å². The molecular formula is C44H36N6O3S2. The molecule has 0 saturated carbocycles. The molecule has 272 valence electrons. The monoisotopic (exact) mass is 760 g/mol. The summed E-state index contributed by atoms with van der Waals surface area (Å²) < 4.78 is 0. The number of thioether (sulfide) groups is 1. The minimum atomic E-state index is -0.668. The number of amides is 3. The van der Waals surface area contributed by atoms with Gasteiger partial charge in [-0.25, -0.2) is 0 Å².